The van der Waals surface area contributed by atoms with E-state index in [2.05, 4.69) is 10.0 Å². The first-order valence-corrected chi connectivity index (χ1v) is 18.5. The normalized spacial score (nSPS) is 28.7. The molecule has 0 bridgehead atoms. The second kappa shape index (κ2) is 13.4. The molecule has 4 aliphatic rings. The predicted octanol–water partition coefficient (Wildman–Crippen LogP) is 3.70. The Hall–Kier alpha value is -3.17. The molecule has 252 valence electrons. The lowest BCUT2D eigenvalue weighted by atomic mass is 10.1. The summed E-state index contributed by atoms with van der Waals surface area (Å²) in [6, 6.07) is 6.18. The molecule has 2 aromatic rings. The number of sulfonamides is 1. The summed E-state index contributed by atoms with van der Waals surface area (Å²) in [5.74, 6) is -2.48. The summed E-state index contributed by atoms with van der Waals surface area (Å²) in [6.45, 7) is 0.519. The van der Waals surface area contributed by atoms with Gasteiger partial charge in [0.15, 0.2) is 0 Å². The van der Waals surface area contributed by atoms with Gasteiger partial charge < -0.3 is 20.7 Å². The molecule has 12 nitrogen and oxygen atoms in total. The molecular weight excluding hydrogens is 689 g/mol. The van der Waals surface area contributed by atoms with Gasteiger partial charge in [0.05, 0.1) is 23.5 Å². The van der Waals surface area contributed by atoms with Gasteiger partial charge in [-0.05, 0) is 55.0 Å². The Morgan fingerprint density at radius 1 is 1.11 bits per heavy atom. The van der Waals surface area contributed by atoms with Crippen molar-refractivity contribution in [2.75, 3.05) is 6.54 Å². The monoisotopic (exact) mass is 723 g/mol. The Kier molecular flexibility index (Phi) is 9.60. The lowest BCUT2D eigenvalue weighted by Gasteiger charge is -2.28. The number of amides is 4. The molecule has 4 heterocycles. The zero-order valence-electron chi connectivity index (χ0n) is 25.3. The Balaban J connectivity index is 1.21. The Morgan fingerprint density at radius 2 is 1.91 bits per heavy atom. The second-order valence-electron chi connectivity index (χ2n) is 12.4. The van der Waals surface area contributed by atoms with Crippen LogP contribution in [-0.4, -0.2) is 72.3 Å². The number of nitrogens with zero attached hydrogens (tertiary/aromatic N) is 2. The Labute approximate surface area is 286 Å². The number of ether oxygens (including phenoxy) is 1. The molecule has 16 heteroatoms. The number of carbonyl (C=O) groups is 4. The molecule has 47 heavy (non-hydrogen) atoms. The average molecular weight is 725 g/mol. The number of rotatable bonds is 4. The number of nitrogens with two attached hydrogens (primary N) is 1. The highest BCUT2D eigenvalue weighted by Crippen LogP contribution is 2.46. The standard InChI is InChI=1S/C31H35Cl2N5O7S2/c32-22-9-6-7-18-15-37(17-21(18)22)30(42)45-20-13-24-27(39)35-31(29(41)36-47(43,44)26-12-11-25(33)46-26)14-19(31)8-4-2-1-3-5-10-23(34)28(40)38(24)16-20/h4,6-9,11-12,19-20,23-24H,1-3,5,10,13-17,34H2,(H,35,39)(H,36,41)/b8-4-/t19-,20+,23-,24-,31+/m0/s1. The summed E-state index contributed by atoms with van der Waals surface area (Å²) in [7, 11) is -4.26. The summed E-state index contributed by atoms with van der Waals surface area (Å²) < 4.78 is 34.0. The van der Waals surface area contributed by atoms with Gasteiger partial charge in [0.25, 0.3) is 15.9 Å². The van der Waals surface area contributed by atoms with E-state index in [4.69, 9.17) is 33.7 Å². The van der Waals surface area contributed by atoms with Crippen molar-refractivity contribution in [1.82, 2.24) is 19.8 Å². The highest BCUT2D eigenvalue weighted by molar-refractivity contribution is 7.92. The van der Waals surface area contributed by atoms with Crippen molar-refractivity contribution in [3.05, 3.63) is 63.0 Å². The molecule has 1 aromatic carbocycles. The molecule has 0 unspecified atom stereocenters. The van der Waals surface area contributed by atoms with Crippen molar-refractivity contribution < 1.29 is 32.3 Å². The highest BCUT2D eigenvalue weighted by Gasteiger charge is 2.61. The maximum absolute atomic E-state index is 14.0. The van der Waals surface area contributed by atoms with Crippen LogP contribution in [0.25, 0.3) is 0 Å². The van der Waals surface area contributed by atoms with E-state index in [1.165, 1.54) is 21.9 Å². The maximum atomic E-state index is 14.0. The SMILES string of the molecule is N[C@H]1CCCCC/C=C\[C@H]2C[C@@]2(C(=O)NS(=O)(=O)c2ccc(Cl)s2)NC(=O)[C@@H]2C[C@@H](OC(=O)N3Cc4cccc(Cl)c4C3)CN2C1=O. The molecule has 1 aromatic heterocycles. The van der Waals surface area contributed by atoms with Crippen LogP contribution < -0.4 is 15.8 Å². The Morgan fingerprint density at radius 3 is 2.66 bits per heavy atom. The van der Waals surface area contributed by atoms with Gasteiger partial charge in [0.2, 0.25) is 11.8 Å². The van der Waals surface area contributed by atoms with Crippen LogP contribution in [0.5, 0.6) is 0 Å². The van der Waals surface area contributed by atoms with Crippen LogP contribution in [0.15, 0.2) is 46.7 Å². The lowest BCUT2D eigenvalue weighted by molar-refractivity contribution is -0.140. The van der Waals surface area contributed by atoms with Crippen LogP contribution in [0.4, 0.5) is 4.79 Å². The van der Waals surface area contributed by atoms with E-state index in [9.17, 15) is 27.6 Å². The van der Waals surface area contributed by atoms with Gasteiger partial charge in [-0.2, -0.15) is 0 Å². The van der Waals surface area contributed by atoms with Crippen LogP contribution in [0.1, 0.15) is 56.1 Å². The largest absolute Gasteiger partial charge is 0.444 e. The summed E-state index contributed by atoms with van der Waals surface area (Å²) in [5, 5.41) is 3.33. The molecule has 4 amide bonds. The second-order valence-corrected chi connectivity index (χ2v) is 16.5. The fourth-order valence-corrected chi connectivity index (χ4v) is 9.27. The van der Waals surface area contributed by atoms with E-state index in [0.717, 1.165) is 35.3 Å². The number of thiophene rings is 1. The van der Waals surface area contributed by atoms with Crippen LogP contribution in [0, 0.1) is 5.92 Å². The predicted molar refractivity (Wildman–Crippen MR) is 175 cm³/mol. The van der Waals surface area contributed by atoms with E-state index in [0.29, 0.717) is 30.8 Å². The lowest BCUT2D eigenvalue weighted by Crippen LogP contribution is -2.57. The summed E-state index contributed by atoms with van der Waals surface area (Å²) in [5.41, 5.74) is 6.49. The molecule has 3 aliphatic heterocycles. The topological polar surface area (TPSA) is 168 Å². The third-order valence-electron chi connectivity index (χ3n) is 9.18. The summed E-state index contributed by atoms with van der Waals surface area (Å²) in [4.78, 5) is 57.2. The molecule has 6 rings (SSSR count). The zero-order chi connectivity index (χ0) is 33.5. The number of fused-ring (bicyclic) bond motifs is 3. The molecule has 1 saturated heterocycles. The van der Waals surface area contributed by atoms with Crippen LogP contribution in [0.2, 0.25) is 9.36 Å². The molecule has 2 fully saturated rings. The first-order valence-electron chi connectivity index (χ1n) is 15.5. The van der Waals surface area contributed by atoms with E-state index in [-0.39, 0.29) is 34.5 Å². The van der Waals surface area contributed by atoms with E-state index >= 15 is 0 Å². The molecule has 0 spiro atoms. The molecule has 0 radical (unpaired) electrons. The third kappa shape index (κ3) is 7.02. The van der Waals surface area contributed by atoms with Crippen LogP contribution >= 0.6 is 34.5 Å². The first-order chi connectivity index (χ1) is 22.4. The van der Waals surface area contributed by atoms with Gasteiger partial charge in [-0.1, -0.05) is 60.3 Å². The quantitative estimate of drug-likeness (QED) is 0.402. The summed E-state index contributed by atoms with van der Waals surface area (Å²) >= 11 is 13.0. The average Bonchev–Trinajstić information content (AvgIpc) is 3.41. The fourth-order valence-electron chi connectivity index (χ4n) is 6.49. The van der Waals surface area contributed by atoms with Crippen molar-refractivity contribution >= 4 is 68.4 Å². The molecular formula is C31H35Cl2N5O7S2. The van der Waals surface area contributed by atoms with Gasteiger partial charge >= 0.3 is 6.09 Å². The number of hydrogen-bond acceptors (Lipinski definition) is 9. The summed E-state index contributed by atoms with van der Waals surface area (Å²) in [6.07, 6.45) is 5.96. The van der Waals surface area contributed by atoms with Crippen molar-refractivity contribution in [1.29, 1.82) is 0 Å². The fraction of sp³-hybridized carbons (Fsp3) is 0.484. The van der Waals surface area contributed by atoms with Crippen molar-refractivity contribution in [3.8, 4) is 0 Å². The molecule has 5 atom stereocenters. The van der Waals surface area contributed by atoms with Crippen molar-refractivity contribution in [3.63, 3.8) is 0 Å². The number of carbonyl (C=O) groups excluding carboxylic acids is 4. The number of benzene rings is 1. The van der Waals surface area contributed by atoms with Crippen molar-refractivity contribution in [2.24, 2.45) is 11.7 Å². The first kappa shape index (κ1) is 33.7. The highest BCUT2D eigenvalue weighted by atomic mass is 35.5. The third-order valence-corrected chi connectivity index (χ3v) is 12.6. The van der Waals surface area contributed by atoms with Crippen LogP contribution in [0.3, 0.4) is 0 Å². The maximum Gasteiger partial charge on any atom is 0.410 e. The number of allylic oxidation sites excluding steroid dienone is 1. The zero-order valence-corrected chi connectivity index (χ0v) is 28.5. The van der Waals surface area contributed by atoms with Gasteiger partial charge in [-0.25, -0.2) is 17.9 Å². The smallest absolute Gasteiger partial charge is 0.410 e. The minimum Gasteiger partial charge on any atom is -0.444 e. The molecule has 1 aliphatic carbocycles. The van der Waals surface area contributed by atoms with E-state index < -0.39 is 63.5 Å². The van der Waals surface area contributed by atoms with E-state index in [1.54, 1.807) is 6.07 Å². The number of hydrogen-bond donors (Lipinski definition) is 3. The van der Waals surface area contributed by atoms with Crippen molar-refractivity contribution in [2.45, 2.75) is 86.0 Å². The number of nitrogens with one attached hydrogen (secondary N) is 2. The van der Waals surface area contributed by atoms with Crippen LogP contribution in [-0.2, 0) is 42.2 Å². The van der Waals surface area contributed by atoms with E-state index in [1.807, 2.05) is 24.3 Å². The molecule has 1 saturated carbocycles. The number of halogens is 2. The van der Waals surface area contributed by atoms with Gasteiger partial charge in [0.1, 0.15) is 21.9 Å². The Bertz CT molecular complexity index is 1730. The molecule has 4 N–H and O–H groups in total. The minimum absolute atomic E-state index is 0.0260. The van der Waals surface area contributed by atoms with Gasteiger partial charge in [0, 0.05) is 23.9 Å². The van der Waals surface area contributed by atoms with Gasteiger partial charge in [-0.3, -0.25) is 19.3 Å². The van der Waals surface area contributed by atoms with Gasteiger partial charge in [-0.15, -0.1) is 11.3 Å². The minimum atomic E-state index is -4.26.